The Morgan fingerprint density at radius 3 is 2.85 bits per heavy atom. The molecule has 0 unspecified atom stereocenters. The number of hydrogen-bond donors (Lipinski definition) is 2. The van der Waals surface area contributed by atoms with Crippen LogP contribution in [-0.2, 0) is 0 Å². The molecule has 2 amide bonds. The zero-order valence-electron chi connectivity index (χ0n) is 10.3. The van der Waals surface area contributed by atoms with Gasteiger partial charge in [0.05, 0.1) is 16.9 Å². The highest BCUT2D eigenvalue weighted by Crippen LogP contribution is 2.27. The van der Waals surface area contributed by atoms with Gasteiger partial charge in [-0.25, -0.2) is 9.78 Å². The van der Waals surface area contributed by atoms with Gasteiger partial charge in [-0.05, 0) is 18.6 Å². The molecule has 0 aliphatic rings. The molecule has 0 bridgehead atoms. The van der Waals surface area contributed by atoms with Gasteiger partial charge in [0, 0.05) is 0 Å². The maximum atomic E-state index is 12.0. The molecule has 1 aromatic carbocycles. The molecule has 0 spiro atoms. The molecule has 20 heavy (non-hydrogen) atoms. The smallest absolute Gasteiger partial charge is 0.398 e. The number of nitrogens with two attached hydrogens (primary N) is 1. The van der Waals surface area contributed by atoms with E-state index in [0.29, 0.717) is 10.7 Å². The summed E-state index contributed by atoms with van der Waals surface area (Å²) in [7, 11) is 0. The minimum Gasteiger partial charge on any atom is -0.398 e. The number of para-hydroxylation sites is 1. The van der Waals surface area contributed by atoms with Crippen LogP contribution in [0.15, 0.2) is 24.4 Å². The quantitative estimate of drug-likeness (QED) is 0.911. The van der Waals surface area contributed by atoms with Crippen LogP contribution in [0.3, 0.4) is 0 Å². The molecule has 104 valence electrons. The first-order valence-electron chi connectivity index (χ1n) is 5.47. The highest BCUT2D eigenvalue weighted by Gasteiger charge is 2.15. The van der Waals surface area contributed by atoms with Crippen LogP contribution in [0.25, 0.3) is 0 Å². The SMILES string of the molecule is Cc1cccc(Cl)c1NC(=O)c1ncc(OC(N)=O)s1. The van der Waals surface area contributed by atoms with Crippen LogP contribution in [0, 0.1) is 6.92 Å². The van der Waals surface area contributed by atoms with Crippen LogP contribution in [-0.4, -0.2) is 17.0 Å². The van der Waals surface area contributed by atoms with E-state index in [1.165, 1.54) is 6.20 Å². The van der Waals surface area contributed by atoms with Crippen molar-refractivity contribution in [3.8, 4) is 5.06 Å². The average molecular weight is 312 g/mol. The molecule has 0 saturated heterocycles. The second-order valence-corrected chi connectivity index (χ2v) is 5.19. The average Bonchev–Trinajstić information content (AvgIpc) is 2.81. The zero-order valence-corrected chi connectivity index (χ0v) is 11.9. The van der Waals surface area contributed by atoms with E-state index in [1.807, 2.05) is 13.0 Å². The number of thiazole rings is 1. The van der Waals surface area contributed by atoms with Crippen molar-refractivity contribution in [1.82, 2.24) is 4.98 Å². The number of primary amides is 1. The summed E-state index contributed by atoms with van der Waals surface area (Å²) in [5, 5.41) is 3.39. The Bertz CT molecular complexity index is 651. The molecule has 3 N–H and O–H groups in total. The molecule has 1 aromatic heterocycles. The molecule has 2 aromatic rings. The molecule has 6 nitrogen and oxygen atoms in total. The Morgan fingerprint density at radius 2 is 2.20 bits per heavy atom. The van der Waals surface area contributed by atoms with Crippen LogP contribution in [0.5, 0.6) is 5.06 Å². The summed E-state index contributed by atoms with van der Waals surface area (Å²) in [6.45, 7) is 1.82. The lowest BCUT2D eigenvalue weighted by molar-refractivity contribution is 0.102. The third kappa shape index (κ3) is 3.25. The number of ether oxygens (including phenoxy) is 1. The standard InChI is InChI=1S/C12H10ClN3O3S/c1-6-3-2-4-7(13)9(6)16-10(17)11-15-5-8(20-11)19-12(14)18/h2-5H,1H3,(H2,14,18)(H,16,17). The molecular weight excluding hydrogens is 302 g/mol. The van der Waals surface area contributed by atoms with Crippen LogP contribution in [0.2, 0.25) is 5.02 Å². The zero-order chi connectivity index (χ0) is 14.7. The van der Waals surface area contributed by atoms with Gasteiger partial charge in [-0.3, -0.25) is 4.79 Å². The lowest BCUT2D eigenvalue weighted by atomic mass is 10.2. The van der Waals surface area contributed by atoms with E-state index in [-0.39, 0.29) is 10.1 Å². The summed E-state index contributed by atoms with van der Waals surface area (Å²) in [6, 6.07) is 5.29. The molecular formula is C12H10ClN3O3S. The number of aromatic nitrogens is 1. The number of amides is 2. The van der Waals surface area contributed by atoms with Gasteiger partial charge in [0.1, 0.15) is 0 Å². The number of carbonyl (C=O) groups excluding carboxylic acids is 2. The fourth-order valence-corrected chi connectivity index (χ4v) is 2.41. The normalized spacial score (nSPS) is 10.1. The summed E-state index contributed by atoms with van der Waals surface area (Å²) in [5.41, 5.74) is 6.22. The van der Waals surface area contributed by atoms with E-state index in [4.69, 9.17) is 17.3 Å². The molecule has 0 aliphatic heterocycles. The summed E-state index contributed by atoms with van der Waals surface area (Å²) in [4.78, 5) is 26.5. The van der Waals surface area contributed by atoms with E-state index in [1.54, 1.807) is 12.1 Å². The van der Waals surface area contributed by atoms with Gasteiger partial charge in [0.2, 0.25) is 5.06 Å². The Hall–Kier alpha value is -2.12. The summed E-state index contributed by atoms with van der Waals surface area (Å²) < 4.78 is 4.63. The monoisotopic (exact) mass is 311 g/mol. The molecule has 0 atom stereocenters. The van der Waals surface area contributed by atoms with Gasteiger partial charge in [-0.1, -0.05) is 35.1 Å². The van der Waals surface area contributed by atoms with E-state index in [0.717, 1.165) is 16.9 Å². The summed E-state index contributed by atoms with van der Waals surface area (Å²) in [6.07, 6.45) is 0.298. The third-order valence-electron chi connectivity index (χ3n) is 2.34. The van der Waals surface area contributed by atoms with E-state index in [2.05, 4.69) is 15.0 Å². The van der Waals surface area contributed by atoms with Gasteiger partial charge in [-0.2, -0.15) is 0 Å². The largest absolute Gasteiger partial charge is 0.410 e. The number of aryl methyl sites for hydroxylation is 1. The first-order chi connectivity index (χ1) is 9.47. The number of nitrogens with zero attached hydrogens (tertiary/aromatic N) is 1. The second kappa shape index (κ2) is 5.89. The number of nitrogens with one attached hydrogen (secondary N) is 1. The molecule has 8 heteroatoms. The van der Waals surface area contributed by atoms with Gasteiger partial charge in [0.15, 0.2) is 5.01 Å². The first kappa shape index (κ1) is 14.3. The third-order valence-corrected chi connectivity index (χ3v) is 3.53. The van der Waals surface area contributed by atoms with Crippen LogP contribution in [0.4, 0.5) is 10.5 Å². The maximum Gasteiger partial charge on any atom is 0.410 e. The lowest BCUT2D eigenvalue weighted by Crippen LogP contribution is -2.15. The van der Waals surface area contributed by atoms with E-state index >= 15 is 0 Å². The second-order valence-electron chi connectivity index (χ2n) is 3.79. The molecule has 0 aliphatic carbocycles. The molecule has 2 rings (SSSR count). The van der Waals surface area contributed by atoms with Crippen molar-refractivity contribution < 1.29 is 14.3 Å². The number of rotatable bonds is 3. The fraction of sp³-hybridized carbons (Fsp3) is 0.0833. The molecule has 0 fully saturated rings. The van der Waals surface area contributed by atoms with E-state index < -0.39 is 12.0 Å². The van der Waals surface area contributed by atoms with Gasteiger partial charge >= 0.3 is 6.09 Å². The summed E-state index contributed by atoms with van der Waals surface area (Å²) in [5.74, 6) is -0.439. The van der Waals surface area contributed by atoms with Crippen molar-refractivity contribution in [3.63, 3.8) is 0 Å². The topological polar surface area (TPSA) is 94.3 Å². The number of anilines is 1. The predicted octanol–water partition coefficient (Wildman–Crippen LogP) is 2.81. The predicted molar refractivity (Wildman–Crippen MR) is 76.5 cm³/mol. The fourth-order valence-electron chi connectivity index (χ4n) is 1.47. The van der Waals surface area contributed by atoms with Crippen molar-refractivity contribution in [3.05, 3.63) is 40.0 Å². The van der Waals surface area contributed by atoms with Gasteiger partial charge in [0.25, 0.3) is 5.91 Å². The van der Waals surface area contributed by atoms with Crippen LogP contribution in [0.1, 0.15) is 15.4 Å². The van der Waals surface area contributed by atoms with Gasteiger partial charge < -0.3 is 15.8 Å². The Labute approximate surface area is 123 Å². The van der Waals surface area contributed by atoms with Crippen molar-refractivity contribution in [2.24, 2.45) is 5.73 Å². The Morgan fingerprint density at radius 1 is 1.45 bits per heavy atom. The highest BCUT2D eigenvalue weighted by atomic mass is 35.5. The van der Waals surface area contributed by atoms with Crippen molar-refractivity contribution in [1.29, 1.82) is 0 Å². The minimum atomic E-state index is -0.956. The van der Waals surface area contributed by atoms with Crippen molar-refractivity contribution in [2.75, 3.05) is 5.32 Å². The minimum absolute atomic E-state index is 0.139. The number of benzene rings is 1. The van der Waals surface area contributed by atoms with Crippen LogP contribution >= 0.6 is 22.9 Å². The number of carbonyl (C=O) groups is 2. The molecule has 0 radical (unpaired) electrons. The Kier molecular flexibility index (Phi) is 4.21. The lowest BCUT2D eigenvalue weighted by Gasteiger charge is -2.08. The van der Waals surface area contributed by atoms with Crippen molar-refractivity contribution in [2.45, 2.75) is 6.92 Å². The number of halogens is 1. The molecule has 0 saturated carbocycles. The van der Waals surface area contributed by atoms with Gasteiger partial charge in [-0.15, -0.1) is 0 Å². The Balaban J connectivity index is 2.16. The van der Waals surface area contributed by atoms with E-state index in [9.17, 15) is 9.59 Å². The maximum absolute atomic E-state index is 12.0. The van der Waals surface area contributed by atoms with Crippen LogP contribution < -0.4 is 15.8 Å². The first-order valence-corrected chi connectivity index (χ1v) is 6.66. The summed E-state index contributed by atoms with van der Waals surface area (Å²) >= 11 is 6.93. The number of hydrogen-bond acceptors (Lipinski definition) is 5. The van der Waals surface area contributed by atoms with Crippen molar-refractivity contribution >= 4 is 40.6 Å². The highest BCUT2D eigenvalue weighted by molar-refractivity contribution is 7.15. The molecule has 1 heterocycles.